The van der Waals surface area contributed by atoms with Crippen molar-refractivity contribution >= 4 is 68.7 Å². The molecule has 12 nitrogen and oxygen atoms in total. The van der Waals surface area contributed by atoms with Crippen LogP contribution in [0.3, 0.4) is 0 Å². The summed E-state index contributed by atoms with van der Waals surface area (Å²) in [6.07, 6.45) is 1.35. The van der Waals surface area contributed by atoms with Crippen LogP contribution in [0.15, 0.2) is 46.2 Å². The first-order chi connectivity index (χ1) is 20.4. The zero-order valence-corrected chi connectivity index (χ0v) is 26.3. The lowest BCUT2D eigenvalue weighted by molar-refractivity contribution is -0.149. The molecule has 234 valence electrons. The van der Waals surface area contributed by atoms with Crippen LogP contribution in [-0.4, -0.2) is 78.1 Å². The third-order valence-corrected chi connectivity index (χ3v) is 10.4. The predicted octanol–water partition coefficient (Wildman–Crippen LogP) is 2.85. The fourth-order valence-corrected chi connectivity index (χ4v) is 7.64. The second-order valence-corrected chi connectivity index (χ2v) is 13.7. The molecule has 0 bridgehead atoms. The quantitative estimate of drug-likeness (QED) is 0.136. The van der Waals surface area contributed by atoms with E-state index in [2.05, 4.69) is 20.1 Å². The molecular weight excluding hydrogens is 641 g/mol. The van der Waals surface area contributed by atoms with Gasteiger partial charge in [0.25, 0.3) is 0 Å². The smallest absolute Gasteiger partial charge is 0.326 e. The third-order valence-electron chi connectivity index (χ3n) is 7.27. The molecular formula is C27H33Cl2N5O7S2. The van der Waals surface area contributed by atoms with E-state index in [9.17, 15) is 33.0 Å². The Bertz CT molecular complexity index is 1460. The van der Waals surface area contributed by atoms with Gasteiger partial charge in [-0.05, 0) is 67.8 Å². The number of amides is 1. The maximum atomic E-state index is 13.0. The summed E-state index contributed by atoms with van der Waals surface area (Å²) >= 11 is 13.4. The molecule has 4 atom stereocenters. The van der Waals surface area contributed by atoms with Gasteiger partial charge in [0, 0.05) is 18.0 Å². The Morgan fingerprint density at radius 3 is 2.51 bits per heavy atom. The number of nitrogens with one attached hydrogen (secondary N) is 4. The molecule has 2 unspecified atom stereocenters. The van der Waals surface area contributed by atoms with E-state index in [1.807, 2.05) is 0 Å². The number of aryl methyl sites for hydroxylation is 1. The molecule has 43 heavy (non-hydrogen) atoms. The number of benzene rings is 2. The van der Waals surface area contributed by atoms with E-state index in [1.54, 1.807) is 30.3 Å². The number of sulfonamides is 1. The van der Waals surface area contributed by atoms with Crippen LogP contribution in [0, 0.1) is 0 Å². The minimum Gasteiger partial charge on any atom is -0.480 e. The molecule has 16 heteroatoms. The first-order valence-corrected chi connectivity index (χ1v) is 16.8. The standard InChI is InChI=1S/C27H33Cl2N5O7S2/c1-15(25(35)34-10-2-3-21(34)27(38)39)31-19(26(36)37)9-8-16-4-6-17(7-5-16)14-30-43(40,41)23-12-22-20(11-18(23)29)32-24(13-28)33-42-22/h4-7,11-12,15,19,21,24,30-33H,2-3,8-10,13-14H2,1H3,(H,36,37)(H,38,39)/t15-,19?,21-,24?/m0/s1. The van der Waals surface area contributed by atoms with Crippen LogP contribution in [-0.2, 0) is 37.4 Å². The van der Waals surface area contributed by atoms with Gasteiger partial charge < -0.3 is 20.4 Å². The molecule has 0 radical (unpaired) electrons. The number of rotatable bonds is 13. The molecule has 2 heterocycles. The highest BCUT2D eigenvalue weighted by molar-refractivity contribution is 7.97. The van der Waals surface area contributed by atoms with Gasteiger partial charge in [-0.15, -0.1) is 11.6 Å². The molecule has 0 aliphatic carbocycles. The second kappa shape index (κ2) is 14.5. The number of fused-ring (bicyclic) bond motifs is 1. The lowest BCUT2D eigenvalue weighted by Gasteiger charge is -2.27. The molecule has 0 aromatic heterocycles. The number of halogens is 2. The van der Waals surface area contributed by atoms with Gasteiger partial charge in [-0.3, -0.25) is 14.9 Å². The topological polar surface area (TPSA) is 177 Å². The Labute approximate surface area is 264 Å². The molecule has 6 N–H and O–H groups in total. The summed E-state index contributed by atoms with van der Waals surface area (Å²) in [5.74, 6) is -2.31. The van der Waals surface area contributed by atoms with E-state index in [4.69, 9.17) is 23.2 Å². The monoisotopic (exact) mass is 673 g/mol. The summed E-state index contributed by atoms with van der Waals surface area (Å²) in [6.45, 7) is 1.87. The molecule has 2 aliphatic heterocycles. The summed E-state index contributed by atoms with van der Waals surface area (Å²) < 4.78 is 31.7. The maximum Gasteiger partial charge on any atom is 0.326 e. The minimum atomic E-state index is -3.93. The van der Waals surface area contributed by atoms with Crippen LogP contribution in [0.1, 0.15) is 37.3 Å². The summed E-state index contributed by atoms with van der Waals surface area (Å²) in [6, 6.07) is 7.33. The molecule has 2 aromatic carbocycles. The van der Waals surface area contributed by atoms with Crippen molar-refractivity contribution in [1.29, 1.82) is 0 Å². The number of anilines is 1. The SMILES string of the molecule is C[C@H](NC(CCc1ccc(CNS(=O)(=O)c2cc3c(cc2Cl)NC(CCl)NS3)cc1)C(=O)O)C(=O)N1CCC[C@H]1C(=O)O. The Morgan fingerprint density at radius 2 is 1.86 bits per heavy atom. The number of carboxylic acids is 2. The molecule has 4 rings (SSSR count). The van der Waals surface area contributed by atoms with E-state index in [0.29, 0.717) is 47.8 Å². The van der Waals surface area contributed by atoms with Gasteiger partial charge >= 0.3 is 11.9 Å². The highest BCUT2D eigenvalue weighted by Crippen LogP contribution is 2.36. The van der Waals surface area contributed by atoms with Crippen LogP contribution in [0.25, 0.3) is 0 Å². The van der Waals surface area contributed by atoms with Crippen molar-refractivity contribution in [3.63, 3.8) is 0 Å². The van der Waals surface area contributed by atoms with Crippen molar-refractivity contribution in [2.24, 2.45) is 0 Å². The van der Waals surface area contributed by atoms with Crippen molar-refractivity contribution in [3.8, 4) is 0 Å². The third kappa shape index (κ3) is 8.32. The molecule has 2 aliphatic rings. The summed E-state index contributed by atoms with van der Waals surface area (Å²) in [4.78, 5) is 38.0. The van der Waals surface area contributed by atoms with Gasteiger partial charge in [0.2, 0.25) is 15.9 Å². The molecule has 2 aromatic rings. The molecule has 0 spiro atoms. The Hall–Kier alpha value is -2.59. The van der Waals surface area contributed by atoms with Crippen molar-refractivity contribution < 1.29 is 33.0 Å². The van der Waals surface area contributed by atoms with Crippen molar-refractivity contribution in [2.75, 3.05) is 17.7 Å². The lowest BCUT2D eigenvalue weighted by atomic mass is 10.0. The predicted molar refractivity (Wildman–Crippen MR) is 164 cm³/mol. The van der Waals surface area contributed by atoms with Gasteiger partial charge in [0.05, 0.1) is 22.6 Å². The van der Waals surface area contributed by atoms with Gasteiger partial charge in [0.1, 0.15) is 23.1 Å². The number of carboxylic acid groups (broad SMARTS) is 2. The molecule has 0 saturated carbocycles. The first kappa shape index (κ1) is 33.3. The fraction of sp³-hybridized carbons (Fsp3) is 0.444. The zero-order chi connectivity index (χ0) is 31.3. The van der Waals surface area contributed by atoms with Crippen LogP contribution < -0.4 is 20.1 Å². The summed E-state index contributed by atoms with van der Waals surface area (Å²) in [5.41, 5.74) is 2.21. The second-order valence-electron chi connectivity index (χ2n) is 10.3. The van der Waals surface area contributed by atoms with E-state index in [1.165, 1.54) is 29.8 Å². The van der Waals surface area contributed by atoms with E-state index in [0.717, 1.165) is 5.56 Å². The van der Waals surface area contributed by atoms with E-state index >= 15 is 0 Å². The first-order valence-electron chi connectivity index (χ1n) is 13.6. The van der Waals surface area contributed by atoms with Crippen molar-refractivity contribution in [1.82, 2.24) is 19.7 Å². The molecule has 1 fully saturated rings. The highest BCUT2D eigenvalue weighted by Gasteiger charge is 2.36. The lowest BCUT2D eigenvalue weighted by Crippen LogP contribution is -2.53. The van der Waals surface area contributed by atoms with Crippen molar-refractivity contribution in [2.45, 2.75) is 73.2 Å². The van der Waals surface area contributed by atoms with E-state index in [-0.39, 0.29) is 29.0 Å². The van der Waals surface area contributed by atoms with Crippen LogP contribution in [0.4, 0.5) is 5.69 Å². The summed E-state index contributed by atoms with van der Waals surface area (Å²) in [5, 5.41) is 25.1. The number of aliphatic carboxylic acids is 2. The Kier molecular flexibility index (Phi) is 11.2. The Morgan fingerprint density at radius 1 is 1.16 bits per heavy atom. The number of carbonyl (C=O) groups excluding carboxylic acids is 1. The number of carbonyl (C=O) groups is 3. The maximum absolute atomic E-state index is 13.0. The summed E-state index contributed by atoms with van der Waals surface area (Å²) in [7, 11) is -3.93. The molecule has 1 amide bonds. The van der Waals surface area contributed by atoms with Gasteiger partial charge in [0.15, 0.2) is 0 Å². The van der Waals surface area contributed by atoms with Gasteiger partial charge in [-0.2, -0.15) is 0 Å². The van der Waals surface area contributed by atoms with Gasteiger partial charge in [-0.1, -0.05) is 35.9 Å². The number of likely N-dealkylation sites (tertiary alicyclic amines) is 1. The average Bonchev–Trinajstić information content (AvgIpc) is 3.48. The van der Waals surface area contributed by atoms with Gasteiger partial charge in [-0.25, -0.2) is 22.7 Å². The van der Waals surface area contributed by atoms with E-state index < -0.39 is 46.0 Å². The normalized spacial score (nSPS) is 19.7. The number of hydrogen-bond donors (Lipinski definition) is 6. The van der Waals surface area contributed by atoms with Crippen molar-refractivity contribution in [3.05, 3.63) is 52.5 Å². The zero-order valence-electron chi connectivity index (χ0n) is 23.2. The number of nitrogens with zero attached hydrogens (tertiary/aromatic N) is 1. The number of hydrogen-bond acceptors (Lipinski definition) is 9. The largest absolute Gasteiger partial charge is 0.480 e. The fourth-order valence-electron chi connectivity index (χ4n) is 4.94. The minimum absolute atomic E-state index is 0.0146. The average molecular weight is 675 g/mol. The highest BCUT2D eigenvalue weighted by atomic mass is 35.5. The van der Waals surface area contributed by atoms with Crippen LogP contribution in [0.5, 0.6) is 0 Å². The van der Waals surface area contributed by atoms with Crippen LogP contribution >= 0.6 is 35.1 Å². The number of alkyl halides is 1. The molecule has 1 saturated heterocycles. The Balaban J connectivity index is 1.31. The van der Waals surface area contributed by atoms with Crippen LogP contribution in [0.2, 0.25) is 5.02 Å².